The highest BCUT2D eigenvalue weighted by atomic mass is 16.6. The first-order chi connectivity index (χ1) is 13.0. The van der Waals surface area contributed by atoms with Crippen molar-refractivity contribution in [3.8, 4) is 0 Å². The van der Waals surface area contributed by atoms with Crippen LogP contribution >= 0.6 is 0 Å². The van der Waals surface area contributed by atoms with Crippen LogP contribution in [0.4, 0.5) is 17.1 Å². The summed E-state index contributed by atoms with van der Waals surface area (Å²) in [6.45, 7) is 6.86. The number of esters is 1. The number of hydrogen-bond acceptors (Lipinski definition) is 8. The molecule has 1 unspecified atom stereocenters. The summed E-state index contributed by atoms with van der Waals surface area (Å²) in [5.41, 5.74) is 2.69. The van der Waals surface area contributed by atoms with Crippen LogP contribution in [-0.2, 0) is 9.53 Å². The molecule has 0 amide bonds. The second-order valence-electron chi connectivity index (χ2n) is 7.14. The number of benzene rings is 1. The van der Waals surface area contributed by atoms with E-state index in [4.69, 9.17) is 4.74 Å². The normalized spacial score (nSPS) is 18.4. The first-order valence-electron chi connectivity index (χ1n) is 8.64. The fourth-order valence-electron chi connectivity index (χ4n) is 3.20. The minimum atomic E-state index is -0.815. The van der Waals surface area contributed by atoms with Crippen molar-refractivity contribution < 1.29 is 19.4 Å². The predicted octanol–water partition coefficient (Wildman–Crippen LogP) is 3.97. The van der Waals surface area contributed by atoms with Gasteiger partial charge in [0.2, 0.25) is 0 Å². The van der Waals surface area contributed by atoms with Gasteiger partial charge in [-0.1, -0.05) is 5.57 Å². The molecule has 0 bridgehead atoms. The quantitative estimate of drug-likeness (QED) is 0.441. The number of nitro benzene ring substituents is 2. The van der Waals surface area contributed by atoms with Crippen molar-refractivity contribution in [1.82, 2.24) is 0 Å². The first kappa shape index (κ1) is 21.0. The number of carbonyl (C=O) groups is 1. The molecule has 0 spiro atoms. The Bertz CT molecular complexity index is 875. The monoisotopic (exact) mass is 390 g/mol. The molecule has 0 aromatic heterocycles. The zero-order valence-electron chi connectivity index (χ0n) is 16.1. The molecule has 10 nitrogen and oxygen atoms in total. The lowest BCUT2D eigenvalue weighted by Gasteiger charge is -2.36. The largest absolute Gasteiger partial charge is 0.459 e. The number of hydrazone groups is 1. The molecule has 1 aliphatic rings. The molecule has 0 saturated carbocycles. The lowest BCUT2D eigenvalue weighted by atomic mass is 9.78. The third kappa shape index (κ3) is 4.90. The van der Waals surface area contributed by atoms with Gasteiger partial charge in [-0.3, -0.25) is 30.4 Å². The average Bonchev–Trinajstić information content (AvgIpc) is 2.58. The number of nitro groups is 2. The van der Waals surface area contributed by atoms with Gasteiger partial charge in [0, 0.05) is 18.9 Å². The molecule has 150 valence electrons. The molecule has 1 atom stereocenters. The maximum Gasteiger partial charge on any atom is 0.303 e. The van der Waals surface area contributed by atoms with E-state index in [1.165, 1.54) is 13.0 Å². The number of allylic oxidation sites excluding steroid dienone is 2. The van der Waals surface area contributed by atoms with E-state index in [-0.39, 0.29) is 17.3 Å². The van der Waals surface area contributed by atoms with E-state index in [1.54, 1.807) is 13.8 Å². The minimum absolute atomic E-state index is 0.0313. The van der Waals surface area contributed by atoms with Crippen molar-refractivity contribution in [2.45, 2.75) is 46.1 Å². The van der Waals surface area contributed by atoms with E-state index in [0.717, 1.165) is 24.1 Å². The van der Waals surface area contributed by atoms with Crippen molar-refractivity contribution in [3.63, 3.8) is 0 Å². The molecule has 28 heavy (non-hydrogen) atoms. The van der Waals surface area contributed by atoms with Crippen LogP contribution in [0, 0.1) is 26.1 Å². The fraction of sp³-hybridized carbons (Fsp3) is 0.444. The minimum Gasteiger partial charge on any atom is -0.459 e. The molecule has 1 N–H and O–H groups in total. The molecule has 0 saturated heterocycles. The summed E-state index contributed by atoms with van der Waals surface area (Å²) in [6, 6.07) is 3.29. The Morgan fingerprint density at radius 2 is 1.96 bits per heavy atom. The SMILES string of the molecule is CC(=O)OC(C)(C)C1CCC(C)=C/C1=N\Nc1ccc([N+](=O)[O-])cc1[N+](=O)[O-]. The maximum absolute atomic E-state index is 11.4. The highest BCUT2D eigenvalue weighted by molar-refractivity contribution is 5.99. The van der Waals surface area contributed by atoms with Gasteiger partial charge < -0.3 is 4.74 Å². The Balaban J connectivity index is 2.39. The van der Waals surface area contributed by atoms with Gasteiger partial charge in [-0.05, 0) is 45.8 Å². The van der Waals surface area contributed by atoms with Crippen LogP contribution in [0.3, 0.4) is 0 Å². The second-order valence-corrected chi connectivity index (χ2v) is 7.14. The summed E-state index contributed by atoms with van der Waals surface area (Å²) in [5, 5.41) is 26.4. The summed E-state index contributed by atoms with van der Waals surface area (Å²) in [5.74, 6) is -0.626. The lowest BCUT2D eigenvalue weighted by Crippen LogP contribution is -2.41. The first-order valence-corrected chi connectivity index (χ1v) is 8.64. The second kappa shape index (κ2) is 8.15. The molecule has 0 aliphatic heterocycles. The number of rotatable bonds is 6. The number of nitrogens with zero attached hydrogens (tertiary/aromatic N) is 3. The predicted molar refractivity (Wildman–Crippen MR) is 103 cm³/mol. The zero-order valence-corrected chi connectivity index (χ0v) is 16.1. The number of carbonyl (C=O) groups excluding carboxylic acids is 1. The van der Waals surface area contributed by atoms with Gasteiger partial charge in [-0.25, -0.2) is 0 Å². The summed E-state index contributed by atoms with van der Waals surface area (Å²) in [4.78, 5) is 32.1. The van der Waals surface area contributed by atoms with Crippen LogP contribution in [0.1, 0.15) is 40.5 Å². The van der Waals surface area contributed by atoms with Crippen LogP contribution < -0.4 is 5.43 Å². The van der Waals surface area contributed by atoms with E-state index in [2.05, 4.69) is 10.5 Å². The summed E-state index contributed by atoms with van der Waals surface area (Å²) in [6.07, 6.45) is 3.36. The number of anilines is 1. The van der Waals surface area contributed by atoms with Gasteiger partial charge in [0.05, 0.1) is 21.6 Å². The molecule has 1 aromatic carbocycles. The third-order valence-corrected chi connectivity index (χ3v) is 4.52. The molecule has 1 aliphatic carbocycles. The van der Waals surface area contributed by atoms with Crippen LogP contribution in [0.15, 0.2) is 34.9 Å². The van der Waals surface area contributed by atoms with E-state index in [9.17, 15) is 25.0 Å². The van der Waals surface area contributed by atoms with Crippen LogP contribution in [-0.4, -0.2) is 27.1 Å². The average molecular weight is 390 g/mol. The summed E-state index contributed by atoms with van der Waals surface area (Å²) < 4.78 is 5.44. The Kier molecular flexibility index (Phi) is 6.12. The maximum atomic E-state index is 11.4. The molecule has 2 rings (SSSR count). The van der Waals surface area contributed by atoms with Gasteiger partial charge in [0.15, 0.2) is 0 Å². The van der Waals surface area contributed by atoms with Crippen molar-refractivity contribution in [3.05, 3.63) is 50.1 Å². The Labute approximate surface area is 161 Å². The topological polar surface area (TPSA) is 137 Å². The van der Waals surface area contributed by atoms with Gasteiger partial charge in [0.25, 0.3) is 5.69 Å². The number of non-ortho nitro benzene ring substituents is 1. The molecular formula is C18H22N4O6. The van der Waals surface area contributed by atoms with Crippen molar-refractivity contribution >= 4 is 28.7 Å². The highest BCUT2D eigenvalue weighted by Gasteiger charge is 2.37. The highest BCUT2D eigenvalue weighted by Crippen LogP contribution is 2.34. The van der Waals surface area contributed by atoms with E-state index >= 15 is 0 Å². The standard InChI is InChI=1S/C18H22N4O6/c1-11-5-7-14(18(3,4)28-12(2)23)16(9-11)20-19-15-8-6-13(21(24)25)10-17(15)22(26)27/h6,8-10,14,19H,5,7H2,1-4H3/b20-16+. The van der Waals surface area contributed by atoms with E-state index < -0.39 is 27.1 Å². The van der Waals surface area contributed by atoms with Crippen LogP contribution in [0.25, 0.3) is 0 Å². The molecule has 0 radical (unpaired) electrons. The van der Waals surface area contributed by atoms with Crippen molar-refractivity contribution in [2.24, 2.45) is 11.0 Å². The Morgan fingerprint density at radius 1 is 1.29 bits per heavy atom. The zero-order chi connectivity index (χ0) is 21.1. The molecule has 10 heteroatoms. The van der Waals surface area contributed by atoms with Gasteiger partial charge in [-0.15, -0.1) is 0 Å². The van der Waals surface area contributed by atoms with Gasteiger partial charge in [-0.2, -0.15) is 5.10 Å². The number of hydrogen-bond donors (Lipinski definition) is 1. The van der Waals surface area contributed by atoms with Crippen molar-refractivity contribution in [2.75, 3.05) is 5.43 Å². The number of ether oxygens (including phenoxy) is 1. The summed E-state index contributed by atoms with van der Waals surface area (Å²) in [7, 11) is 0. The Morgan fingerprint density at radius 3 is 2.54 bits per heavy atom. The fourth-order valence-corrected chi connectivity index (χ4v) is 3.20. The van der Waals surface area contributed by atoms with Crippen LogP contribution in [0.5, 0.6) is 0 Å². The third-order valence-electron chi connectivity index (χ3n) is 4.52. The molecule has 0 fully saturated rings. The van der Waals surface area contributed by atoms with E-state index in [0.29, 0.717) is 12.1 Å². The summed E-state index contributed by atoms with van der Waals surface area (Å²) >= 11 is 0. The van der Waals surface area contributed by atoms with Gasteiger partial charge >= 0.3 is 11.7 Å². The van der Waals surface area contributed by atoms with Crippen LogP contribution in [0.2, 0.25) is 0 Å². The molecule has 1 aromatic rings. The smallest absolute Gasteiger partial charge is 0.303 e. The Hall–Kier alpha value is -3.30. The van der Waals surface area contributed by atoms with E-state index in [1.807, 2.05) is 13.0 Å². The number of nitrogens with one attached hydrogen (secondary N) is 1. The molecule has 0 heterocycles. The van der Waals surface area contributed by atoms with Gasteiger partial charge in [0.1, 0.15) is 11.3 Å². The lowest BCUT2D eigenvalue weighted by molar-refractivity contribution is -0.393. The molecular weight excluding hydrogens is 368 g/mol. The van der Waals surface area contributed by atoms with Crippen molar-refractivity contribution in [1.29, 1.82) is 0 Å².